The Balaban J connectivity index is 1.92. The molecule has 1 aromatic heterocycles. The summed E-state index contributed by atoms with van der Waals surface area (Å²) in [6.45, 7) is -0.125. The van der Waals surface area contributed by atoms with Crippen molar-refractivity contribution in [3.05, 3.63) is 47.9 Å². The van der Waals surface area contributed by atoms with E-state index in [0.29, 0.717) is 5.76 Å². The third-order valence-electron chi connectivity index (χ3n) is 2.79. The number of aliphatic hydroxyl groups is 1. The number of nitrogens with one attached hydrogen (secondary N) is 2. The molecule has 0 saturated carbocycles. The summed E-state index contributed by atoms with van der Waals surface area (Å²) in [6, 6.07) is 4.27. The molecule has 0 bridgehead atoms. The Morgan fingerprint density at radius 2 is 2.09 bits per heavy atom. The van der Waals surface area contributed by atoms with Crippen LogP contribution in [0.1, 0.15) is 11.9 Å². The Kier molecular flexibility index (Phi) is 4.95. The van der Waals surface area contributed by atoms with Crippen molar-refractivity contribution in [2.45, 2.75) is 6.10 Å². The zero-order valence-corrected chi connectivity index (χ0v) is 11.6. The number of aliphatic hydroxyl groups excluding tert-OH is 1. The molecular formula is C14H14F2N2O4. The second-order valence-electron chi connectivity index (χ2n) is 4.34. The molecule has 0 spiro atoms. The second kappa shape index (κ2) is 6.90. The molecule has 0 aliphatic rings. The number of anilines is 1. The van der Waals surface area contributed by atoms with Gasteiger partial charge in [-0.3, -0.25) is 0 Å². The minimum atomic E-state index is -1.02. The molecule has 22 heavy (non-hydrogen) atoms. The van der Waals surface area contributed by atoms with Gasteiger partial charge in [-0.25, -0.2) is 13.6 Å². The summed E-state index contributed by atoms with van der Waals surface area (Å²) in [4.78, 5) is 11.6. The number of amides is 2. The normalized spacial score (nSPS) is 11.8. The quantitative estimate of drug-likeness (QED) is 0.791. The average molecular weight is 312 g/mol. The van der Waals surface area contributed by atoms with Gasteiger partial charge in [-0.15, -0.1) is 0 Å². The first-order valence-corrected chi connectivity index (χ1v) is 6.30. The maximum Gasteiger partial charge on any atom is 0.319 e. The summed E-state index contributed by atoms with van der Waals surface area (Å²) >= 11 is 0. The van der Waals surface area contributed by atoms with E-state index in [9.17, 15) is 18.7 Å². The van der Waals surface area contributed by atoms with Crippen LogP contribution in [0, 0.1) is 11.6 Å². The van der Waals surface area contributed by atoms with E-state index in [0.717, 1.165) is 19.2 Å². The van der Waals surface area contributed by atoms with E-state index in [1.807, 2.05) is 0 Å². The molecule has 8 heteroatoms. The fourth-order valence-electron chi connectivity index (χ4n) is 1.77. The molecule has 0 fully saturated rings. The lowest BCUT2D eigenvalue weighted by Crippen LogP contribution is -2.32. The van der Waals surface area contributed by atoms with Crippen molar-refractivity contribution >= 4 is 11.7 Å². The van der Waals surface area contributed by atoms with Crippen LogP contribution in [0.2, 0.25) is 0 Å². The van der Waals surface area contributed by atoms with Gasteiger partial charge in [-0.1, -0.05) is 0 Å². The topological polar surface area (TPSA) is 83.7 Å². The van der Waals surface area contributed by atoms with Crippen molar-refractivity contribution in [3.63, 3.8) is 0 Å². The molecule has 0 aliphatic heterocycles. The van der Waals surface area contributed by atoms with Crippen molar-refractivity contribution in [2.24, 2.45) is 0 Å². The van der Waals surface area contributed by atoms with Crippen LogP contribution in [0.15, 0.2) is 34.9 Å². The number of carbonyl (C=O) groups excluding carboxylic acids is 1. The van der Waals surface area contributed by atoms with Gasteiger partial charge in [0.2, 0.25) is 0 Å². The van der Waals surface area contributed by atoms with Crippen LogP contribution in [0.5, 0.6) is 5.75 Å². The zero-order valence-electron chi connectivity index (χ0n) is 11.6. The van der Waals surface area contributed by atoms with Crippen LogP contribution in [0.3, 0.4) is 0 Å². The lowest BCUT2D eigenvalue weighted by Gasteiger charge is -2.11. The van der Waals surface area contributed by atoms with Gasteiger partial charge in [0, 0.05) is 17.8 Å². The predicted octanol–water partition coefficient (Wildman–Crippen LogP) is 2.42. The minimum Gasteiger partial charge on any atom is -0.491 e. The van der Waals surface area contributed by atoms with E-state index < -0.39 is 29.5 Å². The average Bonchev–Trinajstić information content (AvgIpc) is 2.98. The van der Waals surface area contributed by atoms with Crippen LogP contribution in [0.25, 0.3) is 0 Å². The third-order valence-corrected chi connectivity index (χ3v) is 2.79. The Hall–Kier alpha value is -2.61. The molecular weight excluding hydrogens is 298 g/mol. The molecule has 2 aromatic rings. The number of ether oxygens (including phenoxy) is 1. The monoisotopic (exact) mass is 312 g/mol. The first-order valence-electron chi connectivity index (χ1n) is 6.30. The Labute approximate surface area is 124 Å². The van der Waals surface area contributed by atoms with E-state index >= 15 is 0 Å². The third kappa shape index (κ3) is 3.73. The van der Waals surface area contributed by atoms with Gasteiger partial charge in [0.25, 0.3) is 0 Å². The fourth-order valence-corrected chi connectivity index (χ4v) is 1.77. The molecule has 2 rings (SSSR count). The smallest absolute Gasteiger partial charge is 0.319 e. The van der Waals surface area contributed by atoms with Crippen molar-refractivity contribution in [1.29, 1.82) is 0 Å². The number of methoxy groups -OCH3 is 1. The van der Waals surface area contributed by atoms with E-state index in [4.69, 9.17) is 4.42 Å². The molecule has 0 radical (unpaired) electrons. The summed E-state index contributed by atoms with van der Waals surface area (Å²) < 4.78 is 36.4. The highest BCUT2D eigenvalue weighted by Crippen LogP contribution is 2.25. The van der Waals surface area contributed by atoms with Gasteiger partial charge in [0.1, 0.15) is 11.9 Å². The number of carbonyl (C=O) groups is 1. The number of hydrogen-bond acceptors (Lipinski definition) is 4. The summed E-state index contributed by atoms with van der Waals surface area (Å²) in [5.41, 5.74) is -0.0826. The standard InChI is InChI=1S/C14H14F2N2O4/c1-21-13-9(15)5-8(6-10(13)16)18-14(20)17-7-11(19)12-3-2-4-22-12/h2-6,11,19H,7H2,1H3,(H2,17,18,20). The van der Waals surface area contributed by atoms with Crippen molar-refractivity contribution < 1.29 is 27.8 Å². The highest BCUT2D eigenvalue weighted by molar-refractivity contribution is 5.89. The highest BCUT2D eigenvalue weighted by Gasteiger charge is 2.14. The lowest BCUT2D eigenvalue weighted by molar-refractivity contribution is 0.149. The van der Waals surface area contributed by atoms with E-state index in [-0.39, 0.29) is 12.2 Å². The minimum absolute atomic E-state index is 0.0826. The van der Waals surface area contributed by atoms with Crippen molar-refractivity contribution in [1.82, 2.24) is 5.32 Å². The van der Waals surface area contributed by atoms with Crippen molar-refractivity contribution in [3.8, 4) is 5.75 Å². The number of benzene rings is 1. The zero-order chi connectivity index (χ0) is 16.1. The molecule has 1 atom stereocenters. The van der Waals surface area contributed by atoms with Gasteiger partial charge in [0.05, 0.1) is 19.9 Å². The van der Waals surface area contributed by atoms with Crippen molar-refractivity contribution in [2.75, 3.05) is 19.0 Å². The number of urea groups is 1. The van der Waals surface area contributed by atoms with Crippen LogP contribution < -0.4 is 15.4 Å². The second-order valence-corrected chi connectivity index (χ2v) is 4.34. The molecule has 0 saturated heterocycles. The number of halogens is 2. The largest absolute Gasteiger partial charge is 0.491 e. The molecule has 1 unspecified atom stereocenters. The number of furan rings is 1. The molecule has 2 amide bonds. The molecule has 6 nitrogen and oxygen atoms in total. The van der Waals surface area contributed by atoms with E-state index in [1.165, 1.54) is 6.26 Å². The van der Waals surface area contributed by atoms with Gasteiger partial charge in [-0.2, -0.15) is 0 Å². The van der Waals surface area contributed by atoms with Gasteiger partial charge < -0.3 is 24.9 Å². The SMILES string of the molecule is COc1c(F)cc(NC(=O)NCC(O)c2ccco2)cc1F. The first-order chi connectivity index (χ1) is 10.5. The molecule has 1 heterocycles. The summed E-state index contributed by atoms with van der Waals surface area (Å²) in [6.07, 6.45) is 0.367. The first kappa shape index (κ1) is 15.8. The molecule has 3 N–H and O–H groups in total. The van der Waals surface area contributed by atoms with Crippen LogP contribution >= 0.6 is 0 Å². The Morgan fingerprint density at radius 3 is 2.64 bits per heavy atom. The fraction of sp³-hybridized carbons (Fsp3) is 0.214. The highest BCUT2D eigenvalue weighted by atomic mass is 19.1. The Morgan fingerprint density at radius 1 is 1.41 bits per heavy atom. The predicted molar refractivity (Wildman–Crippen MR) is 73.6 cm³/mol. The Bertz CT molecular complexity index is 623. The van der Waals surface area contributed by atoms with Gasteiger partial charge in [0.15, 0.2) is 17.4 Å². The molecule has 0 aliphatic carbocycles. The maximum absolute atomic E-state index is 13.5. The summed E-state index contributed by atoms with van der Waals surface area (Å²) in [5.74, 6) is -2.11. The van der Waals surface area contributed by atoms with E-state index in [1.54, 1.807) is 12.1 Å². The van der Waals surface area contributed by atoms with Crippen LogP contribution in [-0.2, 0) is 0 Å². The van der Waals surface area contributed by atoms with E-state index in [2.05, 4.69) is 15.4 Å². The summed E-state index contributed by atoms with van der Waals surface area (Å²) in [5, 5.41) is 14.3. The number of rotatable bonds is 5. The molecule has 1 aromatic carbocycles. The van der Waals surface area contributed by atoms with Gasteiger partial charge >= 0.3 is 6.03 Å². The number of hydrogen-bond donors (Lipinski definition) is 3. The molecule has 118 valence electrons. The van der Waals surface area contributed by atoms with Gasteiger partial charge in [-0.05, 0) is 12.1 Å². The lowest BCUT2D eigenvalue weighted by atomic mass is 10.2. The van der Waals surface area contributed by atoms with Crippen LogP contribution in [0.4, 0.5) is 19.3 Å². The maximum atomic E-state index is 13.5. The summed E-state index contributed by atoms with van der Waals surface area (Å²) in [7, 11) is 1.14. The van der Waals surface area contributed by atoms with Crippen LogP contribution in [-0.4, -0.2) is 24.8 Å².